The van der Waals surface area contributed by atoms with Gasteiger partial charge >= 0.3 is 144 Å². The molecular formula is C31H33Cs2NO7. The van der Waals surface area contributed by atoms with Gasteiger partial charge in [0.1, 0.15) is 11.4 Å². The summed E-state index contributed by atoms with van der Waals surface area (Å²) < 4.78 is 16.8. The van der Waals surface area contributed by atoms with E-state index in [1.54, 1.807) is 12.1 Å². The second kappa shape index (κ2) is 16.0. The number of benzene rings is 2. The van der Waals surface area contributed by atoms with Crippen LogP contribution in [0.15, 0.2) is 53.1 Å². The summed E-state index contributed by atoms with van der Waals surface area (Å²) >= 11 is 0. The van der Waals surface area contributed by atoms with E-state index >= 15 is 0 Å². The number of rotatable bonds is 7. The molecule has 0 amide bonds. The van der Waals surface area contributed by atoms with Crippen molar-refractivity contribution >= 4 is 12.1 Å². The summed E-state index contributed by atoms with van der Waals surface area (Å²) in [6.45, 7) is 2.90. The molecule has 2 aromatic carbocycles. The van der Waals surface area contributed by atoms with Gasteiger partial charge in [0.25, 0.3) is 0 Å². The second-order valence-corrected chi connectivity index (χ2v) is 11.2. The summed E-state index contributed by atoms with van der Waals surface area (Å²) in [5.41, 5.74) is 4.91. The van der Waals surface area contributed by atoms with Gasteiger partial charge in [0.15, 0.2) is 5.76 Å². The minimum absolute atomic E-state index is 0. The first-order chi connectivity index (χ1) is 18.8. The molecule has 41 heavy (non-hydrogen) atoms. The summed E-state index contributed by atoms with van der Waals surface area (Å²) in [7, 11) is 1.38. The van der Waals surface area contributed by atoms with E-state index < -0.39 is 6.16 Å². The van der Waals surface area contributed by atoms with Gasteiger partial charge in [-0.05, 0) is 105 Å². The van der Waals surface area contributed by atoms with E-state index in [2.05, 4.69) is 30.3 Å². The molecule has 0 saturated heterocycles. The third-order valence-corrected chi connectivity index (χ3v) is 8.45. The van der Waals surface area contributed by atoms with Crippen LogP contribution in [0.4, 0.5) is 4.79 Å². The molecule has 0 N–H and O–H groups in total. The Bertz CT molecular complexity index is 1300. The SMILES string of the molecule is CCCOc1ccc(-c2cc(-c3ccc(C(=O)OC)cc3)on2)cc1C12CC3CC(CC(C3)C1)C2.O=C([O-])[O-].[Cs+].[Cs+]. The minimum atomic E-state index is -2.33. The predicted molar refractivity (Wildman–Crippen MR) is 140 cm³/mol. The van der Waals surface area contributed by atoms with Gasteiger partial charge in [-0.2, -0.15) is 0 Å². The number of carbonyl (C=O) groups is 2. The minimum Gasteiger partial charge on any atom is -0.652 e. The van der Waals surface area contributed by atoms with E-state index in [0.29, 0.717) is 11.3 Å². The van der Waals surface area contributed by atoms with E-state index in [1.165, 1.54) is 51.2 Å². The van der Waals surface area contributed by atoms with Crippen molar-refractivity contribution in [3.8, 4) is 28.3 Å². The smallest absolute Gasteiger partial charge is 0.652 e. The zero-order valence-corrected chi connectivity index (χ0v) is 36.9. The Morgan fingerprint density at radius 1 is 0.927 bits per heavy atom. The number of esters is 1. The molecule has 7 rings (SSSR count). The Morgan fingerprint density at radius 2 is 1.49 bits per heavy atom. The van der Waals surface area contributed by atoms with Gasteiger partial charge in [0, 0.05) is 22.8 Å². The molecule has 4 fully saturated rings. The molecule has 0 unspecified atom stereocenters. The Hall–Kier alpha value is 0.294. The topological polar surface area (TPSA) is 125 Å². The first-order valence-electron chi connectivity index (χ1n) is 13.6. The molecule has 3 aromatic rings. The molecule has 0 spiro atoms. The van der Waals surface area contributed by atoms with Gasteiger partial charge in [-0.1, -0.05) is 24.2 Å². The summed E-state index contributed by atoms with van der Waals surface area (Å²) in [6, 6.07) is 15.8. The van der Waals surface area contributed by atoms with Crippen molar-refractivity contribution in [2.75, 3.05) is 13.7 Å². The summed E-state index contributed by atoms with van der Waals surface area (Å²) in [5, 5.41) is 21.1. The van der Waals surface area contributed by atoms with Gasteiger partial charge in [-0.15, -0.1) is 0 Å². The molecule has 4 aliphatic rings. The first kappa shape index (κ1) is 35.8. The number of carboxylic acid groups (broad SMARTS) is 2. The second-order valence-electron chi connectivity index (χ2n) is 11.2. The standard InChI is InChI=1S/C30H33NO4.CH2O3.2Cs/c1-3-10-34-27-9-8-24(14-25(27)30-16-19-11-20(17-30)13-21(12-19)18-30)26-15-28(35-31-26)22-4-6-23(7-5-22)29(32)33-2;2-1(3)4;;/h4-9,14-15,19-21H,3,10-13,16-18H2,1-2H3;(H2,2,3,4);;/q;;2*+1/p-2. The maximum Gasteiger partial charge on any atom is 1.00 e. The maximum absolute atomic E-state index is 11.7. The third-order valence-electron chi connectivity index (χ3n) is 8.45. The van der Waals surface area contributed by atoms with E-state index in [0.717, 1.165) is 53.4 Å². The zero-order valence-electron chi connectivity index (χ0n) is 24.3. The normalized spacial score (nSPS) is 23.3. The average Bonchev–Trinajstić information content (AvgIpc) is 3.41. The summed E-state index contributed by atoms with van der Waals surface area (Å²) in [6.07, 6.45) is 6.82. The summed E-state index contributed by atoms with van der Waals surface area (Å²) in [5.74, 6) is 4.00. The monoisotopic (exact) mass is 797 g/mol. The van der Waals surface area contributed by atoms with Crippen molar-refractivity contribution < 1.29 is 172 Å². The number of hydrogen-bond acceptors (Lipinski definition) is 8. The predicted octanol–water partition coefficient (Wildman–Crippen LogP) is -1.39. The fraction of sp³-hybridized carbons (Fsp3) is 0.452. The number of nitrogens with zero attached hydrogens (tertiary/aromatic N) is 1. The molecule has 0 aliphatic heterocycles. The Balaban J connectivity index is 0.000000725. The van der Waals surface area contributed by atoms with Crippen LogP contribution in [-0.2, 0) is 10.2 Å². The third kappa shape index (κ3) is 8.52. The first-order valence-corrected chi connectivity index (χ1v) is 13.6. The molecule has 1 aromatic heterocycles. The van der Waals surface area contributed by atoms with Crippen LogP contribution in [0.1, 0.15) is 67.8 Å². The number of methoxy groups -OCH3 is 1. The number of ether oxygens (including phenoxy) is 2. The van der Waals surface area contributed by atoms with E-state index in [1.807, 2.05) is 18.2 Å². The molecule has 10 heteroatoms. The zero-order chi connectivity index (χ0) is 27.6. The van der Waals surface area contributed by atoms with Gasteiger partial charge < -0.3 is 29.0 Å². The maximum atomic E-state index is 11.7. The number of aromatic nitrogens is 1. The van der Waals surface area contributed by atoms with Crippen LogP contribution < -0.4 is 153 Å². The van der Waals surface area contributed by atoms with Crippen LogP contribution in [-0.4, -0.2) is 31.0 Å². The molecule has 0 radical (unpaired) electrons. The van der Waals surface area contributed by atoms with Gasteiger partial charge in [-0.3, -0.25) is 0 Å². The van der Waals surface area contributed by atoms with Crippen molar-refractivity contribution in [3.05, 3.63) is 59.7 Å². The van der Waals surface area contributed by atoms with Gasteiger partial charge in [0.2, 0.25) is 0 Å². The molecule has 4 saturated carbocycles. The van der Waals surface area contributed by atoms with Crippen LogP contribution >= 0.6 is 0 Å². The van der Waals surface area contributed by atoms with Gasteiger partial charge in [-0.25, -0.2) is 4.79 Å². The fourth-order valence-corrected chi connectivity index (χ4v) is 7.32. The molecule has 8 nitrogen and oxygen atoms in total. The Labute approximate surface area is 358 Å². The van der Waals surface area contributed by atoms with Crippen LogP contribution in [0, 0.1) is 17.8 Å². The summed E-state index contributed by atoms with van der Waals surface area (Å²) in [4.78, 5) is 20.1. The van der Waals surface area contributed by atoms with Crippen LogP contribution in [0.5, 0.6) is 5.75 Å². The average molecular weight is 797 g/mol. The van der Waals surface area contributed by atoms with Crippen molar-refractivity contribution in [2.45, 2.75) is 57.3 Å². The molecule has 206 valence electrons. The van der Waals surface area contributed by atoms with Crippen molar-refractivity contribution in [3.63, 3.8) is 0 Å². The van der Waals surface area contributed by atoms with Crippen LogP contribution in [0.25, 0.3) is 22.6 Å². The van der Waals surface area contributed by atoms with E-state index in [4.69, 9.17) is 29.0 Å². The number of hydrogen-bond donors (Lipinski definition) is 0. The largest absolute Gasteiger partial charge is 1.00 e. The molecule has 4 aliphatic carbocycles. The van der Waals surface area contributed by atoms with Crippen molar-refractivity contribution in [1.82, 2.24) is 5.16 Å². The Morgan fingerprint density at radius 3 is 2.02 bits per heavy atom. The Kier molecular flexibility index (Phi) is 14.0. The quantitative estimate of drug-likeness (QED) is 0.268. The molecule has 0 atom stereocenters. The van der Waals surface area contributed by atoms with Crippen molar-refractivity contribution in [1.29, 1.82) is 0 Å². The van der Waals surface area contributed by atoms with Crippen molar-refractivity contribution in [2.24, 2.45) is 17.8 Å². The van der Waals surface area contributed by atoms with Gasteiger partial charge in [0.05, 0.1) is 19.3 Å². The van der Waals surface area contributed by atoms with E-state index in [-0.39, 0.29) is 149 Å². The molecular weight excluding hydrogens is 764 g/mol. The number of carbonyl (C=O) groups excluding carboxylic acids is 2. The molecule has 4 bridgehead atoms. The van der Waals surface area contributed by atoms with Crippen LogP contribution in [0.3, 0.4) is 0 Å². The van der Waals surface area contributed by atoms with E-state index in [9.17, 15) is 4.79 Å². The van der Waals surface area contributed by atoms with Crippen LogP contribution in [0.2, 0.25) is 0 Å². The molecule has 1 heterocycles. The fourth-order valence-electron chi connectivity index (χ4n) is 7.32.